The van der Waals surface area contributed by atoms with Crippen molar-refractivity contribution < 1.29 is 4.79 Å². The van der Waals surface area contributed by atoms with Gasteiger partial charge in [-0.25, -0.2) is 0 Å². The summed E-state index contributed by atoms with van der Waals surface area (Å²) in [5, 5.41) is 3.22. The van der Waals surface area contributed by atoms with Crippen molar-refractivity contribution in [1.29, 1.82) is 0 Å². The van der Waals surface area contributed by atoms with Crippen molar-refractivity contribution in [3.8, 4) is 0 Å². The number of nitrogens with zero attached hydrogens (tertiary/aromatic N) is 2. The van der Waals surface area contributed by atoms with Crippen molar-refractivity contribution in [3.63, 3.8) is 0 Å². The standard InChI is InChI=1S/C16H30N4O.3ClH/c1-11(10-20-7-5-19(2)6-8-20)18-16(21)14-12-3-4-13(9-12)15(14)17;;;/h11-15H,3-10,17H2,1-2H3,(H,18,21);3*1H. The fraction of sp³-hybridized carbons (Fsp3) is 0.938. The number of nitrogens with two attached hydrogens (primary N) is 1. The first-order chi connectivity index (χ1) is 10.0. The highest BCUT2D eigenvalue weighted by Gasteiger charge is 2.49. The number of hydrogen-bond donors (Lipinski definition) is 2. The van der Waals surface area contributed by atoms with E-state index in [-0.39, 0.29) is 61.1 Å². The minimum atomic E-state index is 0. The van der Waals surface area contributed by atoms with E-state index in [2.05, 4.69) is 29.1 Å². The van der Waals surface area contributed by atoms with Gasteiger partial charge in [-0.1, -0.05) is 0 Å². The summed E-state index contributed by atoms with van der Waals surface area (Å²) in [5.41, 5.74) is 6.26. The summed E-state index contributed by atoms with van der Waals surface area (Å²) in [6, 6.07) is 0.312. The monoisotopic (exact) mass is 402 g/mol. The largest absolute Gasteiger partial charge is 0.352 e. The second kappa shape index (κ2) is 10.4. The SMILES string of the molecule is CC(CN1CCN(C)CC1)NC(=O)C1C2CCC(C2)C1N.Cl.Cl.Cl. The molecule has 0 aromatic rings. The van der Waals surface area contributed by atoms with Gasteiger partial charge in [0.05, 0.1) is 5.92 Å². The molecule has 3 rings (SSSR count). The van der Waals surface area contributed by atoms with Crippen LogP contribution in [0, 0.1) is 17.8 Å². The third-order valence-electron chi connectivity index (χ3n) is 5.80. The van der Waals surface area contributed by atoms with Gasteiger partial charge >= 0.3 is 0 Å². The van der Waals surface area contributed by atoms with Crippen LogP contribution < -0.4 is 11.1 Å². The maximum absolute atomic E-state index is 12.5. The molecule has 144 valence electrons. The topological polar surface area (TPSA) is 61.6 Å². The number of piperazine rings is 1. The number of nitrogens with one attached hydrogen (secondary N) is 1. The molecule has 1 aliphatic heterocycles. The average molecular weight is 404 g/mol. The van der Waals surface area contributed by atoms with Gasteiger partial charge in [0.25, 0.3) is 0 Å². The smallest absolute Gasteiger partial charge is 0.225 e. The van der Waals surface area contributed by atoms with Crippen LogP contribution in [-0.4, -0.2) is 67.6 Å². The van der Waals surface area contributed by atoms with Crippen LogP contribution in [0.4, 0.5) is 0 Å². The van der Waals surface area contributed by atoms with Gasteiger partial charge in [0, 0.05) is 44.8 Å². The zero-order chi connectivity index (χ0) is 15.0. The molecular formula is C16H33Cl3N4O. The highest BCUT2D eigenvalue weighted by Crippen LogP contribution is 2.47. The number of likely N-dealkylation sites (N-methyl/N-ethyl adjacent to an activating group) is 1. The van der Waals surface area contributed by atoms with E-state index in [4.69, 9.17) is 5.73 Å². The first-order valence-corrected chi connectivity index (χ1v) is 8.51. The van der Waals surface area contributed by atoms with E-state index < -0.39 is 0 Å². The van der Waals surface area contributed by atoms with Crippen LogP contribution in [0.3, 0.4) is 0 Å². The Morgan fingerprint density at radius 3 is 2.25 bits per heavy atom. The second-order valence-corrected chi connectivity index (χ2v) is 7.45. The van der Waals surface area contributed by atoms with Crippen molar-refractivity contribution in [2.45, 2.75) is 38.3 Å². The summed E-state index contributed by atoms with van der Waals surface area (Å²) in [6.45, 7) is 7.52. The molecular weight excluding hydrogens is 371 g/mol. The Bertz CT molecular complexity index is 392. The fourth-order valence-corrected chi connectivity index (χ4v) is 4.53. The van der Waals surface area contributed by atoms with E-state index in [9.17, 15) is 4.79 Å². The Labute approximate surface area is 164 Å². The molecule has 0 spiro atoms. The lowest BCUT2D eigenvalue weighted by Gasteiger charge is -2.35. The van der Waals surface area contributed by atoms with Crippen molar-refractivity contribution in [2.24, 2.45) is 23.5 Å². The maximum atomic E-state index is 12.5. The Morgan fingerprint density at radius 1 is 1.12 bits per heavy atom. The van der Waals surface area contributed by atoms with Crippen molar-refractivity contribution >= 4 is 43.1 Å². The minimum absolute atomic E-state index is 0. The summed E-state index contributed by atoms with van der Waals surface area (Å²) in [7, 11) is 2.17. The molecule has 1 saturated heterocycles. The van der Waals surface area contributed by atoms with E-state index in [1.54, 1.807) is 0 Å². The van der Waals surface area contributed by atoms with Gasteiger partial charge in [-0.2, -0.15) is 0 Å². The Balaban J connectivity index is 0.00000176. The lowest BCUT2D eigenvalue weighted by molar-refractivity contribution is -0.127. The third-order valence-corrected chi connectivity index (χ3v) is 5.80. The summed E-state index contributed by atoms with van der Waals surface area (Å²) >= 11 is 0. The van der Waals surface area contributed by atoms with E-state index in [1.807, 2.05) is 0 Å². The zero-order valence-corrected chi connectivity index (χ0v) is 17.1. The molecule has 1 amide bonds. The molecule has 2 bridgehead atoms. The first kappa shape index (κ1) is 24.2. The molecule has 5 atom stereocenters. The molecule has 24 heavy (non-hydrogen) atoms. The predicted molar refractivity (Wildman–Crippen MR) is 106 cm³/mol. The fourth-order valence-electron chi connectivity index (χ4n) is 4.53. The molecule has 3 N–H and O–H groups in total. The van der Waals surface area contributed by atoms with Gasteiger partial charge in [-0.3, -0.25) is 9.69 Å². The summed E-state index contributed by atoms with van der Waals surface area (Å²) in [6.07, 6.45) is 3.60. The number of halogens is 3. The van der Waals surface area contributed by atoms with Crippen molar-refractivity contribution in [1.82, 2.24) is 15.1 Å². The van der Waals surface area contributed by atoms with Gasteiger partial charge in [-0.15, -0.1) is 37.2 Å². The molecule has 0 aromatic heterocycles. The van der Waals surface area contributed by atoms with Crippen LogP contribution in [0.25, 0.3) is 0 Å². The van der Waals surface area contributed by atoms with Gasteiger partial charge in [0.1, 0.15) is 0 Å². The first-order valence-electron chi connectivity index (χ1n) is 8.51. The summed E-state index contributed by atoms with van der Waals surface area (Å²) < 4.78 is 0. The van der Waals surface area contributed by atoms with Crippen LogP contribution in [0.5, 0.6) is 0 Å². The number of amides is 1. The van der Waals surface area contributed by atoms with Crippen LogP contribution in [0.1, 0.15) is 26.2 Å². The molecule has 5 unspecified atom stereocenters. The molecule has 5 nitrogen and oxygen atoms in total. The second-order valence-electron chi connectivity index (χ2n) is 7.45. The highest BCUT2D eigenvalue weighted by atomic mass is 35.5. The average Bonchev–Trinajstić information content (AvgIpc) is 3.01. The van der Waals surface area contributed by atoms with Gasteiger partial charge in [0.15, 0.2) is 0 Å². The summed E-state index contributed by atoms with van der Waals surface area (Å²) in [4.78, 5) is 17.3. The lowest BCUT2D eigenvalue weighted by atomic mass is 9.84. The number of rotatable bonds is 4. The van der Waals surface area contributed by atoms with Crippen LogP contribution in [-0.2, 0) is 4.79 Å². The lowest BCUT2D eigenvalue weighted by Crippen LogP contribution is -2.52. The molecule has 0 radical (unpaired) electrons. The third kappa shape index (κ3) is 5.36. The van der Waals surface area contributed by atoms with Crippen molar-refractivity contribution in [2.75, 3.05) is 39.8 Å². The van der Waals surface area contributed by atoms with Gasteiger partial charge in [-0.05, 0) is 45.1 Å². The minimum Gasteiger partial charge on any atom is -0.352 e. The number of carbonyl (C=O) groups is 1. The molecule has 8 heteroatoms. The predicted octanol–water partition coefficient (Wildman–Crippen LogP) is 1.38. The zero-order valence-electron chi connectivity index (χ0n) is 14.6. The number of carbonyl (C=O) groups excluding carboxylic acids is 1. The number of fused-ring (bicyclic) bond motifs is 2. The highest BCUT2D eigenvalue weighted by molar-refractivity contribution is 5.86. The molecule has 1 heterocycles. The van der Waals surface area contributed by atoms with Gasteiger partial charge < -0.3 is 16.0 Å². The molecule has 3 aliphatic rings. The Morgan fingerprint density at radius 2 is 1.71 bits per heavy atom. The quantitative estimate of drug-likeness (QED) is 0.744. The molecule has 0 aromatic carbocycles. The van der Waals surface area contributed by atoms with Crippen LogP contribution in [0.2, 0.25) is 0 Å². The Hall–Kier alpha value is 0.220. The van der Waals surface area contributed by atoms with E-state index in [1.165, 1.54) is 19.3 Å². The van der Waals surface area contributed by atoms with Crippen LogP contribution in [0.15, 0.2) is 0 Å². The Kier molecular flexibility index (Phi) is 10.5. The number of hydrogen-bond acceptors (Lipinski definition) is 4. The van der Waals surface area contributed by atoms with Crippen molar-refractivity contribution in [3.05, 3.63) is 0 Å². The summed E-state index contributed by atoms with van der Waals surface area (Å²) in [5.74, 6) is 1.41. The van der Waals surface area contributed by atoms with E-state index >= 15 is 0 Å². The molecule has 2 saturated carbocycles. The maximum Gasteiger partial charge on any atom is 0.225 e. The normalized spacial score (nSPS) is 33.8. The molecule has 2 aliphatic carbocycles. The van der Waals surface area contributed by atoms with Gasteiger partial charge in [0.2, 0.25) is 5.91 Å². The van der Waals surface area contributed by atoms with Crippen LogP contribution >= 0.6 is 37.2 Å². The van der Waals surface area contributed by atoms with E-state index in [0.717, 1.165) is 32.7 Å². The molecule has 3 fully saturated rings. The van der Waals surface area contributed by atoms with E-state index in [0.29, 0.717) is 11.8 Å².